The summed E-state index contributed by atoms with van der Waals surface area (Å²) in [5.74, 6) is 0.466. The number of carbonyl (C=O) groups excluding carboxylic acids is 2. The molecule has 0 aliphatic carbocycles. The van der Waals surface area contributed by atoms with Crippen LogP contribution < -0.4 is 25.2 Å². The summed E-state index contributed by atoms with van der Waals surface area (Å²) in [5.41, 5.74) is 4.02. The summed E-state index contributed by atoms with van der Waals surface area (Å²) in [4.78, 5) is 33.2. The summed E-state index contributed by atoms with van der Waals surface area (Å²) in [7, 11) is 1.69. The number of methoxy groups -OCH3 is 1. The van der Waals surface area contributed by atoms with Gasteiger partial charge >= 0.3 is 0 Å². The van der Waals surface area contributed by atoms with E-state index in [0.29, 0.717) is 17.8 Å². The predicted molar refractivity (Wildman–Crippen MR) is 172 cm³/mol. The second-order valence-electron chi connectivity index (χ2n) is 10.7. The molecule has 0 bridgehead atoms. The van der Waals surface area contributed by atoms with E-state index in [0.717, 1.165) is 88.1 Å². The number of hydrogen-bond acceptors (Lipinski definition) is 7. The fraction of sp³-hybridized carbons (Fsp3) is 0.353. The van der Waals surface area contributed by atoms with Crippen molar-refractivity contribution in [3.63, 3.8) is 0 Å². The van der Waals surface area contributed by atoms with E-state index in [9.17, 15) is 9.59 Å². The molecule has 0 atom stereocenters. The second-order valence-corrected chi connectivity index (χ2v) is 10.7. The largest absolute Gasteiger partial charge is 0.495 e. The monoisotopic (exact) mass is 583 g/mol. The molecule has 2 heterocycles. The maximum atomic E-state index is 13.6. The van der Waals surface area contributed by atoms with Crippen molar-refractivity contribution in [2.24, 2.45) is 0 Å². The number of nitrogens with zero attached hydrogens (tertiary/aromatic N) is 3. The number of morpholine rings is 1. The minimum Gasteiger partial charge on any atom is -0.495 e. The molecule has 2 N–H and O–H groups in total. The molecule has 0 radical (unpaired) electrons. The molecular formula is C34H41N5O4. The topological polar surface area (TPSA) is 86.4 Å². The highest BCUT2D eigenvalue weighted by molar-refractivity contribution is 6.05. The number of benzene rings is 3. The smallest absolute Gasteiger partial charge is 0.253 e. The van der Waals surface area contributed by atoms with Crippen molar-refractivity contribution in [2.45, 2.75) is 6.42 Å². The van der Waals surface area contributed by atoms with E-state index in [1.54, 1.807) is 19.3 Å². The molecule has 2 aliphatic rings. The van der Waals surface area contributed by atoms with Crippen LogP contribution in [-0.4, -0.2) is 89.4 Å². The van der Waals surface area contributed by atoms with Gasteiger partial charge in [-0.2, -0.15) is 0 Å². The van der Waals surface area contributed by atoms with E-state index in [1.807, 2.05) is 60.7 Å². The van der Waals surface area contributed by atoms with Crippen LogP contribution in [0, 0.1) is 0 Å². The Hall–Kier alpha value is -4.34. The van der Waals surface area contributed by atoms with Gasteiger partial charge in [0.15, 0.2) is 0 Å². The standard InChI is InChI=1S/C34H41N5O4/c1-42-32-11-6-5-10-31(32)39-20-18-38(19-21-39)30-14-13-28(36-33(40)15-12-27-8-3-2-4-9-27)26-29(30)34(41)35-16-7-17-37-22-24-43-25-23-37/h2-6,8-15,26H,7,16-25H2,1H3,(H,35,41)(H,36,40). The fourth-order valence-electron chi connectivity index (χ4n) is 5.50. The molecule has 2 amide bonds. The van der Waals surface area contributed by atoms with E-state index < -0.39 is 0 Å². The van der Waals surface area contributed by atoms with E-state index in [4.69, 9.17) is 9.47 Å². The van der Waals surface area contributed by atoms with Crippen LogP contribution in [0.1, 0.15) is 22.3 Å². The van der Waals surface area contributed by atoms with E-state index >= 15 is 0 Å². The van der Waals surface area contributed by atoms with E-state index in [1.165, 1.54) is 6.08 Å². The van der Waals surface area contributed by atoms with Crippen molar-refractivity contribution in [3.05, 3.63) is 90.0 Å². The lowest BCUT2D eigenvalue weighted by atomic mass is 10.1. The maximum absolute atomic E-state index is 13.6. The lowest BCUT2D eigenvalue weighted by molar-refractivity contribution is -0.111. The second kappa shape index (κ2) is 15.2. The Balaban J connectivity index is 1.27. The molecule has 0 saturated carbocycles. The number of hydrogen-bond donors (Lipinski definition) is 2. The molecule has 226 valence electrons. The van der Waals surface area contributed by atoms with Crippen LogP contribution in [0.4, 0.5) is 17.1 Å². The SMILES string of the molecule is COc1ccccc1N1CCN(c2ccc(NC(=O)C=Cc3ccccc3)cc2C(=O)NCCCN2CCOCC2)CC1. The Morgan fingerprint density at radius 1 is 0.860 bits per heavy atom. The summed E-state index contributed by atoms with van der Waals surface area (Å²) in [5, 5.41) is 6.04. The molecule has 43 heavy (non-hydrogen) atoms. The molecule has 0 aromatic heterocycles. The van der Waals surface area contributed by atoms with Gasteiger partial charge in [0.1, 0.15) is 5.75 Å². The fourth-order valence-corrected chi connectivity index (χ4v) is 5.50. The van der Waals surface area contributed by atoms with E-state index in [-0.39, 0.29) is 11.8 Å². The van der Waals surface area contributed by atoms with Crippen LogP contribution in [0.3, 0.4) is 0 Å². The molecule has 2 fully saturated rings. The average molecular weight is 584 g/mol. The zero-order chi connectivity index (χ0) is 29.9. The van der Waals surface area contributed by atoms with Gasteiger partial charge in [-0.15, -0.1) is 0 Å². The minimum absolute atomic E-state index is 0.139. The number of piperazine rings is 1. The molecule has 3 aromatic carbocycles. The highest BCUT2D eigenvalue weighted by atomic mass is 16.5. The Morgan fingerprint density at radius 2 is 1.56 bits per heavy atom. The van der Waals surface area contributed by atoms with Crippen LogP contribution in [0.25, 0.3) is 6.08 Å². The van der Waals surface area contributed by atoms with Crippen LogP contribution in [0.2, 0.25) is 0 Å². The molecule has 0 unspecified atom stereocenters. The third-order valence-corrected chi connectivity index (χ3v) is 7.82. The molecule has 9 nitrogen and oxygen atoms in total. The summed E-state index contributed by atoms with van der Waals surface area (Å²) in [6.07, 6.45) is 4.14. The highest BCUT2D eigenvalue weighted by Crippen LogP contribution is 2.31. The predicted octanol–water partition coefficient (Wildman–Crippen LogP) is 4.13. The van der Waals surface area contributed by atoms with Crippen LogP contribution in [0.5, 0.6) is 5.75 Å². The first-order chi connectivity index (χ1) is 21.1. The van der Waals surface area contributed by atoms with Crippen LogP contribution >= 0.6 is 0 Å². The lowest BCUT2D eigenvalue weighted by Crippen LogP contribution is -2.47. The summed E-state index contributed by atoms with van der Waals surface area (Å²) in [6, 6.07) is 23.3. The normalized spacial score (nSPS) is 15.8. The van der Waals surface area contributed by atoms with Gasteiger partial charge in [0, 0.05) is 63.3 Å². The summed E-state index contributed by atoms with van der Waals surface area (Å²) < 4.78 is 11.0. The van der Waals surface area contributed by atoms with Crippen molar-refractivity contribution >= 4 is 35.0 Å². The summed E-state index contributed by atoms with van der Waals surface area (Å²) >= 11 is 0. The number of rotatable bonds is 11. The first kappa shape index (κ1) is 30.1. The van der Waals surface area contributed by atoms with Gasteiger partial charge in [-0.05, 0) is 54.9 Å². The van der Waals surface area contributed by atoms with Crippen molar-refractivity contribution in [1.29, 1.82) is 0 Å². The Morgan fingerprint density at radius 3 is 2.30 bits per heavy atom. The van der Waals surface area contributed by atoms with Crippen molar-refractivity contribution in [2.75, 3.05) is 87.8 Å². The molecule has 9 heteroatoms. The zero-order valence-electron chi connectivity index (χ0n) is 24.8. The molecule has 5 rings (SSSR count). The molecule has 2 aliphatic heterocycles. The Kier molecular flexibility index (Phi) is 10.7. The number of nitrogens with one attached hydrogen (secondary N) is 2. The van der Waals surface area contributed by atoms with Gasteiger partial charge in [-0.25, -0.2) is 0 Å². The van der Waals surface area contributed by atoms with Gasteiger partial charge < -0.3 is 29.9 Å². The van der Waals surface area contributed by atoms with Gasteiger partial charge in [0.25, 0.3) is 5.91 Å². The average Bonchev–Trinajstić information content (AvgIpc) is 3.06. The van der Waals surface area contributed by atoms with Crippen LogP contribution in [0.15, 0.2) is 78.9 Å². The van der Waals surface area contributed by atoms with Crippen molar-refractivity contribution < 1.29 is 19.1 Å². The lowest BCUT2D eigenvalue weighted by Gasteiger charge is -2.38. The Bertz CT molecular complexity index is 1380. The minimum atomic E-state index is -0.251. The molecular weight excluding hydrogens is 542 g/mol. The summed E-state index contributed by atoms with van der Waals surface area (Å²) in [6.45, 7) is 7.98. The first-order valence-corrected chi connectivity index (χ1v) is 15.0. The quantitative estimate of drug-likeness (QED) is 0.259. The van der Waals surface area contributed by atoms with E-state index in [2.05, 4.69) is 31.4 Å². The molecule has 3 aromatic rings. The van der Waals surface area contributed by atoms with Gasteiger partial charge in [-0.1, -0.05) is 42.5 Å². The highest BCUT2D eigenvalue weighted by Gasteiger charge is 2.24. The van der Waals surface area contributed by atoms with Crippen molar-refractivity contribution in [1.82, 2.24) is 10.2 Å². The van der Waals surface area contributed by atoms with Crippen LogP contribution in [-0.2, 0) is 9.53 Å². The third-order valence-electron chi connectivity index (χ3n) is 7.82. The Labute approximate surface area is 254 Å². The third kappa shape index (κ3) is 8.37. The number of ether oxygens (including phenoxy) is 2. The number of anilines is 3. The molecule has 0 spiro atoms. The number of carbonyl (C=O) groups is 2. The molecule has 2 saturated heterocycles. The number of para-hydroxylation sites is 2. The van der Waals surface area contributed by atoms with Gasteiger partial charge in [0.2, 0.25) is 5.91 Å². The first-order valence-electron chi connectivity index (χ1n) is 15.0. The maximum Gasteiger partial charge on any atom is 0.253 e. The van der Waals surface area contributed by atoms with Gasteiger partial charge in [-0.3, -0.25) is 14.5 Å². The zero-order valence-corrected chi connectivity index (χ0v) is 24.8. The van der Waals surface area contributed by atoms with Crippen molar-refractivity contribution in [3.8, 4) is 5.75 Å². The van der Waals surface area contributed by atoms with Gasteiger partial charge in [0.05, 0.1) is 31.6 Å². The number of amides is 2.